The lowest BCUT2D eigenvalue weighted by Gasteiger charge is -2.37. The van der Waals surface area contributed by atoms with Gasteiger partial charge in [0.1, 0.15) is 17.1 Å². The van der Waals surface area contributed by atoms with Crippen molar-refractivity contribution >= 4 is 11.6 Å². The number of Topliss-reactive ketones (excluding diaryl/α,β-unsaturated/α-hetero) is 2. The Labute approximate surface area is 234 Å². The number of aliphatic hydroxyl groups is 1. The molecule has 0 heterocycles. The molecule has 0 bridgehead atoms. The van der Waals surface area contributed by atoms with Crippen LogP contribution in [0.5, 0.6) is 11.5 Å². The van der Waals surface area contributed by atoms with E-state index in [4.69, 9.17) is 14.2 Å². The molecule has 0 spiro atoms. The summed E-state index contributed by atoms with van der Waals surface area (Å²) in [5.74, 6) is 0.383. The number of carbonyl (C=O) groups excluding carboxylic acids is 2. The molecule has 0 aromatic heterocycles. The highest BCUT2D eigenvalue weighted by atomic mass is 16.5. The summed E-state index contributed by atoms with van der Waals surface area (Å²) >= 11 is 0. The van der Waals surface area contributed by atoms with Crippen LogP contribution in [0.1, 0.15) is 46.2 Å². The van der Waals surface area contributed by atoms with E-state index < -0.39 is 22.8 Å². The highest BCUT2D eigenvalue weighted by molar-refractivity contribution is 6.16. The second-order valence-electron chi connectivity index (χ2n) is 9.93. The second kappa shape index (κ2) is 11.1. The fourth-order valence-corrected chi connectivity index (χ4v) is 5.65. The predicted molar refractivity (Wildman–Crippen MR) is 151 cm³/mol. The van der Waals surface area contributed by atoms with Gasteiger partial charge < -0.3 is 19.3 Å². The maximum absolute atomic E-state index is 12.5. The summed E-state index contributed by atoms with van der Waals surface area (Å²) in [5, 5.41) is 11.1. The first kappa shape index (κ1) is 27.3. The molecule has 0 atom stereocenters. The summed E-state index contributed by atoms with van der Waals surface area (Å²) in [6.07, 6.45) is 0.0790. The minimum absolute atomic E-state index is 0.0395. The zero-order valence-electron chi connectivity index (χ0n) is 22.8. The number of rotatable bonds is 9. The lowest BCUT2D eigenvalue weighted by Crippen LogP contribution is -2.37. The maximum atomic E-state index is 12.5. The lowest BCUT2D eigenvalue weighted by atomic mass is 9.78. The van der Waals surface area contributed by atoms with Gasteiger partial charge in [0.25, 0.3) is 0 Å². The summed E-state index contributed by atoms with van der Waals surface area (Å²) in [7, 11) is 3.26. The average Bonchev–Trinajstić information content (AvgIpc) is 3.27. The van der Waals surface area contributed by atoms with Crippen LogP contribution in [0.4, 0.5) is 0 Å². The van der Waals surface area contributed by atoms with E-state index in [0.717, 1.165) is 22.3 Å². The summed E-state index contributed by atoms with van der Waals surface area (Å²) < 4.78 is 18.5. The van der Waals surface area contributed by atoms with E-state index in [1.807, 2.05) is 85.8 Å². The first-order chi connectivity index (χ1) is 19.4. The van der Waals surface area contributed by atoms with Gasteiger partial charge in [-0.05, 0) is 47.4 Å². The summed E-state index contributed by atoms with van der Waals surface area (Å²) in [4.78, 5) is 25.0. The molecule has 1 fully saturated rings. The topological polar surface area (TPSA) is 82.1 Å². The molecule has 4 aromatic rings. The molecule has 0 saturated heterocycles. The van der Waals surface area contributed by atoms with Gasteiger partial charge in [0.2, 0.25) is 5.60 Å². The fraction of sp³-hybridized carbons (Fsp3) is 0.235. The Morgan fingerprint density at radius 3 is 1.93 bits per heavy atom. The van der Waals surface area contributed by atoms with Gasteiger partial charge in [-0.3, -0.25) is 9.59 Å². The van der Waals surface area contributed by atoms with Crippen molar-refractivity contribution in [2.24, 2.45) is 0 Å². The number of ether oxygens (including phenoxy) is 3. The maximum Gasteiger partial charge on any atom is 0.207 e. The molecule has 0 radical (unpaired) electrons. The first-order valence-electron chi connectivity index (χ1n) is 13.2. The van der Waals surface area contributed by atoms with Crippen molar-refractivity contribution in [2.75, 3.05) is 14.2 Å². The molecule has 0 aliphatic heterocycles. The van der Waals surface area contributed by atoms with Crippen LogP contribution in [0.25, 0.3) is 0 Å². The Bertz CT molecular complexity index is 1470. The average molecular weight is 537 g/mol. The van der Waals surface area contributed by atoms with Crippen LogP contribution in [0, 0.1) is 6.92 Å². The molecule has 1 aliphatic carbocycles. The van der Waals surface area contributed by atoms with Crippen LogP contribution in [0.2, 0.25) is 0 Å². The number of benzene rings is 4. The number of hydrogen-bond acceptors (Lipinski definition) is 6. The van der Waals surface area contributed by atoms with Crippen LogP contribution < -0.4 is 9.47 Å². The highest BCUT2D eigenvalue weighted by Gasteiger charge is 2.49. The summed E-state index contributed by atoms with van der Waals surface area (Å²) in [6.45, 7) is 2.06. The molecular formula is C34H32O6. The van der Waals surface area contributed by atoms with Crippen molar-refractivity contribution < 1.29 is 28.9 Å². The van der Waals surface area contributed by atoms with E-state index in [1.54, 1.807) is 32.4 Å². The molecule has 0 amide bonds. The van der Waals surface area contributed by atoms with E-state index in [2.05, 4.69) is 0 Å². The minimum atomic E-state index is -2.11. The monoisotopic (exact) mass is 536 g/mol. The van der Waals surface area contributed by atoms with Crippen molar-refractivity contribution in [3.8, 4) is 11.5 Å². The Hall–Kier alpha value is -4.26. The predicted octanol–water partition coefficient (Wildman–Crippen LogP) is 5.64. The molecule has 6 heteroatoms. The Kier molecular flexibility index (Phi) is 7.57. The summed E-state index contributed by atoms with van der Waals surface area (Å²) in [5.41, 5.74) is 1.17. The number of ketones is 2. The Balaban J connectivity index is 1.68. The normalized spacial score (nSPS) is 14.8. The Morgan fingerprint density at radius 2 is 1.38 bits per heavy atom. The molecule has 40 heavy (non-hydrogen) atoms. The molecule has 0 unspecified atom stereocenters. The molecule has 1 N–H and O–H groups in total. The van der Waals surface area contributed by atoms with E-state index in [0.29, 0.717) is 17.1 Å². The van der Waals surface area contributed by atoms with Crippen LogP contribution >= 0.6 is 0 Å². The Morgan fingerprint density at radius 1 is 0.775 bits per heavy atom. The molecule has 1 aliphatic rings. The van der Waals surface area contributed by atoms with Crippen molar-refractivity contribution in [3.05, 3.63) is 130 Å². The van der Waals surface area contributed by atoms with Gasteiger partial charge in [0.15, 0.2) is 11.6 Å². The third kappa shape index (κ3) is 4.49. The second-order valence-corrected chi connectivity index (χ2v) is 9.93. The van der Waals surface area contributed by atoms with Gasteiger partial charge in [-0.1, -0.05) is 78.9 Å². The molecule has 5 rings (SSSR count). The van der Waals surface area contributed by atoms with Crippen LogP contribution in [-0.2, 0) is 32.1 Å². The largest absolute Gasteiger partial charge is 0.496 e. The minimum Gasteiger partial charge on any atom is -0.496 e. The zero-order chi connectivity index (χ0) is 28.3. The third-order valence-corrected chi connectivity index (χ3v) is 7.71. The zero-order valence-corrected chi connectivity index (χ0v) is 22.8. The quantitative estimate of drug-likeness (QED) is 0.220. The standard InChI is InChI=1S/C34H32O6/c1-23-29(38-2)18-17-28(32(23)39-3)34(25-12-6-4-7-13-25,26-14-8-5-9-15-26)40-22-24-11-10-16-27(21-24)33(37)30(35)19-20-31(33)36/h4-18,21,37H,19-20,22H2,1-3H3. The smallest absolute Gasteiger partial charge is 0.207 e. The van der Waals surface area contributed by atoms with Crippen LogP contribution in [0.15, 0.2) is 97.1 Å². The van der Waals surface area contributed by atoms with Crippen molar-refractivity contribution in [1.82, 2.24) is 0 Å². The molecule has 204 valence electrons. The van der Waals surface area contributed by atoms with E-state index in [9.17, 15) is 14.7 Å². The van der Waals surface area contributed by atoms with Gasteiger partial charge in [-0.25, -0.2) is 0 Å². The number of carbonyl (C=O) groups is 2. The number of methoxy groups -OCH3 is 2. The lowest BCUT2D eigenvalue weighted by molar-refractivity contribution is -0.145. The third-order valence-electron chi connectivity index (χ3n) is 7.71. The van der Waals surface area contributed by atoms with Gasteiger partial charge in [0.05, 0.1) is 20.8 Å². The van der Waals surface area contributed by atoms with Crippen molar-refractivity contribution in [3.63, 3.8) is 0 Å². The van der Waals surface area contributed by atoms with Crippen LogP contribution in [0.3, 0.4) is 0 Å². The van der Waals surface area contributed by atoms with E-state index in [1.165, 1.54) is 0 Å². The highest BCUT2D eigenvalue weighted by Crippen LogP contribution is 2.47. The first-order valence-corrected chi connectivity index (χ1v) is 13.2. The summed E-state index contributed by atoms with van der Waals surface area (Å²) in [6, 6.07) is 30.6. The van der Waals surface area contributed by atoms with Crippen molar-refractivity contribution in [2.45, 2.75) is 37.6 Å². The van der Waals surface area contributed by atoms with Crippen LogP contribution in [-0.4, -0.2) is 30.9 Å². The molecular weight excluding hydrogens is 504 g/mol. The van der Waals surface area contributed by atoms with Gasteiger partial charge in [-0.15, -0.1) is 0 Å². The van der Waals surface area contributed by atoms with E-state index >= 15 is 0 Å². The van der Waals surface area contributed by atoms with Gasteiger partial charge in [0, 0.05) is 24.0 Å². The fourth-order valence-electron chi connectivity index (χ4n) is 5.65. The molecule has 4 aromatic carbocycles. The van der Waals surface area contributed by atoms with Gasteiger partial charge in [-0.2, -0.15) is 0 Å². The molecule has 1 saturated carbocycles. The SMILES string of the molecule is COc1ccc(C(OCc2cccc(C3(O)C(=O)CCC3=O)c2)(c2ccccc2)c2ccccc2)c(OC)c1C. The molecule has 6 nitrogen and oxygen atoms in total. The van der Waals surface area contributed by atoms with Gasteiger partial charge >= 0.3 is 0 Å². The van der Waals surface area contributed by atoms with E-state index in [-0.39, 0.29) is 25.0 Å². The number of hydrogen-bond donors (Lipinski definition) is 1. The van der Waals surface area contributed by atoms with Crippen molar-refractivity contribution in [1.29, 1.82) is 0 Å².